The van der Waals surface area contributed by atoms with Crippen LogP contribution in [0.4, 0.5) is 0 Å². The van der Waals surface area contributed by atoms with Gasteiger partial charge in [-0.15, -0.1) is 0 Å². The number of carbonyl (C=O) groups is 1. The number of nitrogens with zero attached hydrogens (tertiary/aromatic N) is 2. The number of aliphatic carboxylic acids is 1. The van der Waals surface area contributed by atoms with Gasteiger partial charge < -0.3 is 9.84 Å². The molecule has 0 amide bonds. The van der Waals surface area contributed by atoms with Crippen LogP contribution in [0.5, 0.6) is 5.75 Å². The number of carboxylic acid groups (broad SMARTS) is 1. The molecule has 0 atom stereocenters. The topological polar surface area (TPSA) is 72.3 Å². The Hall–Kier alpha value is -1.65. The average Bonchev–Trinajstić information content (AvgIpc) is 2.17. The SMILES string of the molecule is COc1cnc(C(C)(C)C(=O)O)nc1C. The summed E-state index contributed by atoms with van der Waals surface area (Å²) in [6, 6.07) is 0. The lowest BCUT2D eigenvalue weighted by molar-refractivity contribution is -0.142. The maximum absolute atomic E-state index is 11.0. The van der Waals surface area contributed by atoms with E-state index < -0.39 is 11.4 Å². The van der Waals surface area contributed by atoms with Crippen LogP contribution in [0.25, 0.3) is 0 Å². The Labute approximate surface area is 88.1 Å². The molecule has 0 aliphatic heterocycles. The van der Waals surface area contributed by atoms with Crippen LogP contribution < -0.4 is 4.74 Å². The third-order valence-electron chi connectivity index (χ3n) is 2.25. The van der Waals surface area contributed by atoms with Gasteiger partial charge >= 0.3 is 5.97 Å². The monoisotopic (exact) mass is 210 g/mol. The van der Waals surface area contributed by atoms with Gasteiger partial charge in [-0.3, -0.25) is 4.79 Å². The quantitative estimate of drug-likeness (QED) is 0.810. The highest BCUT2D eigenvalue weighted by molar-refractivity contribution is 5.78. The minimum Gasteiger partial charge on any atom is -0.493 e. The summed E-state index contributed by atoms with van der Waals surface area (Å²) >= 11 is 0. The van der Waals surface area contributed by atoms with Crippen molar-refractivity contribution in [3.8, 4) is 5.75 Å². The van der Waals surface area contributed by atoms with Crippen molar-refractivity contribution in [3.05, 3.63) is 17.7 Å². The van der Waals surface area contributed by atoms with Crippen LogP contribution in [0.1, 0.15) is 25.4 Å². The lowest BCUT2D eigenvalue weighted by Crippen LogP contribution is -2.31. The molecule has 0 fully saturated rings. The predicted octanol–water partition coefficient (Wildman–Crippen LogP) is 1.16. The van der Waals surface area contributed by atoms with E-state index in [9.17, 15) is 4.79 Å². The number of ether oxygens (including phenoxy) is 1. The molecule has 0 unspecified atom stereocenters. The summed E-state index contributed by atoms with van der Waals surface area (Å²) in [5.74, 6) is -0.111. The van der Waals surface area contributed by atoms with Crippen molar-refractivity contribution < 1.29 is 14.6 Å². The van der Waals surface area contributed by atoms with Gasteiger partial charge in [0.05, 0.1) is 19.0 Å². The van der Waals surface area contributed by atoms with Crippen LogP contribution in [0.15, 0.2) is 6.20 Å². The van der Waals surface area contributed by atoms with Gasteiger partial charge in [0.15, 0.2) is 5.75 Å². The Bertz CT molecular complexity index is 388. The zero-order chi connectivity index (χ0) is 11.6. The summed E-state index contributed by atoms with van der Waals surface area (Å²) < 4.78 is 5.00. The standard InChI is InChI=1S/C10H14N2O3/c1-6-7(15-4)5-11-8(12-6)10(2,3)9(13)14/h5H,1-4H3,(H,13,14). The first-order chi connectivity index (χ1) is 6.89. The molecule has 5 heteroatoms. The zero-order valence-corrected chi connectivity index (χ0v) is 9.24. The molecule has 0 radical (unpaired) electrons. The van der Waals surface area contributed by atoms with Crippen LogP contribution in [-0.4, -0.2) is 28.2 Å². The van der Waals surface area contributed by atoms with Crippen LogP contribution in [0.3, 0.4) is 0 Å². The number of aromatic nitrogens is 2. The molecule has 1 aromatic rings. The normalized spacial score (nSPS) is 11.2. The Morgan fingerprint density at radius 3 is 2.53 bits per heavy atom. The van der Waals surface area contributed by atoms with Crippen LogP contribution >= 0.6 is 0 Å². The van der Waals surface area contributed by atoms with Gasteiger partial charge in [-0.2, -0.15) is 0 Å². The Morgan fingerprint density at radius 1 is 1.53 bits per heavy atom. The molecule has 0 saturated carbocycles. The molecule has 15 heavy (non-hydrogen) atoms. The number of hydrogen-bond acceptors (Lipinski definition) is 4. The van der Waals surface area contributed by atoms with Crippen molar-refractivity contribution in [1.82, 2.24) is 9.97 Å². The number of aryl methyl sites for hydroxylation is 1. The second-order valence-electron chi connectivity index (χ2n) is 3.78. The first-order valence-corrected chi connectivity index (χ1v) is 4.51. The molecule has 1 aromatic heterocycles. The molecule has 0 aliphatic rings. The molecule has 5 nitrogen and oxygen atoms in total. The third-order valence-corrected chi connectivity index (χ3v) is 2.25. The molecular formula is C10H14N2O3. The predicted molar refractivity (Wildman–Crippen MR) is 54.0 cm³/mol. The molecule has 0 spiro atoms. The fourth-order valence-corrected chi connectivity index (χ4v) is 1.05. The fraction of sp³-hybridized carbons (Fsp3) is 0.500. The van der Waals surface area contributed by atoms with Crippen LogP contribution in [0, 0.1) is 6.92 Å². The lowest BCUT2D eigenvalue weighted by Gasteiger charge is -2.17. The van der Waals surface area contributed by atoms with Gasteiger partial charge in [-0.1, -0.05) is 0 Å². The van der Waals surface area contributed by atoms with Gasteiger partial charge in [-0.05, 0) is 20.8 Å². The minimum absolute atomic E-state index is 0.285. The van der Waals surface area contributed by atoms with Crippen molar-refractivity contribution in [2.24, 2.45) is 0 Å². The van der Waals surface area contributed by atoms with E-state index in [4.69, 9.17) is 9.84 Å². The van der Waals surface area contributed by atoms with E-state index in [0.717, 1.165) is 0 Å². The van der Waals surface area contributed by atoms with Gasteiger partial charge in [-0.25, -0.2) is 9.97 Å². The summed E-state index contributed by atoms with van der Waals surface area (Å²) in [6.07, 6.45) is 1.49. The lowest BCUT2D eigenvalue weighted by atomic mass is 9.92. The highest BCUT2D eigenvalue weighted by atomic mass is 16.5. The second-order valence-corrected chi connectivity index (χ2v) is 3.78. The Morgan fingerprint density at radius 2 is 2.13 bits per heavy atom. The van der Waals surface area contributed by atoms with E-state index in [1.807, 2.05) is 0 Å². The van der Waals surface area contributed by atoms with Crippen molar-refractivity contribution in [2.75, 3.05) is 7.11 Å². The highest BCUT2D eigenvalue weighted by Gasteiger charge is 2.33. The van der Waals surface area contributed by atoms with Crippen molar-refractivity contribution >= 4 is 5.97 Å². The van der Waals surface area contributed by atoms with Crippen molar-refractivity contribution in [1.29, 1.82) is 0 Å². The van der Waals surface area contributed by atoms with E-state index in [0.29, 0.717) is 11.4 Å². The van der Waals surface area contributed by atoms with E-state index in [1.54, 1.807) is 20.8 Å². The maximum atomic E-state index is 11.0. The highest BCUT2D eigenvalue weighted by Crippen LogP contribution is 2.22. The molecule has 0 aliphatic carbocycles. The van der Waals surface area contributed by atoms with E-state index in [-0.39, 0.29) is 5.82 Å². The van der Waals surface area contributed by atoms with Gasteiger partial charge in [0, 0.05) is 0 Å². The Balaban J connectivity index is 3.18. The summed E-state index contributed by atoms with van der Waals surface area (Å²) in [5, 5.41) is 9.00. The van der Waals surface area contributed by atoms with E-state index in [2.05, 4.69) is 9.97 Å². The summed E-state index contributed by atoms with van der Waals surface area (Å²) in [6.45, 7) is 4.88. The minimum atomic E-state index is -1.09. The number of hydrogen-bond donors (Lipinski definition) is 1. The summed E-state index contributed by atoms with van der Waals surface area (Å²) in [4.78, 5) is 19.1. The van der Waals surface area contributed by atoms with Crippen LogP contribution in [0.2, 0.25) is 0 Å². The largest absolute Gasteiger partial charge is 0.493 e. The first-order valence-electron chi connectivity index (χ1n) is 4.51. The summed E-state index contributed by atoms with van der Waals surface area (Å²) in [7, 11) is 1.52. The Kier molecular flexibility index (Phi) is 2.93. The molecule has 0 bridgehead atoms. The molecule has 1 N–H and O–H groups in total. The van der Waals surface area contributed by atoms with Gasteiger partial charge in [0.25, 0.3) is 0 Å². The second kappa shape index (κ2) is 3.84. The fourth-order valence-electron chi connectivity index (χ4n) is 1.05. The average molecular weight is 210 g/mol. The molecule has 0 saturated heterocycles. The van der Waals surface area contributed by atoms with Gasteiger partial charge in [0.1, 0.15) is 11.2 Å². The molecular weight excluding hydrogens is 196 g/mol. The summed E-state index contributed by atoms with van der Waals surface area (Å²) in [5.41, 5.74) is -0.450. The van der Waals surface area contributed by atoms with Gasteiger partial charge in [0.2, 0.25) is 0 Å². The molecule has 0 aromatic carbocycles. The molecule has 1 rings (SSSR count). The zero-order valence-electron chi connectivity index (χ0n) is 9.24. The number of carboxylic acids is 1. The van der Waals surface area contributed by atoms with Crippen LogP contribution in [-0.2, 0) is 10.2 Å². The number of rotatable bonds is 3. The molecule has 82 valence electrons. The van der Waals surface area contributed by atoms with Crippen molar-refractivity contribution in [2.45, 2.75) is 26.2 Å². The smallest absolute Gasteiger partial charge is 0.316 e. The van der Waals surface area contributed by atoms with E-state index >= 15 is 0 Å². The van der Waals surface area contributed by atoms with E-state index in [1.165, 1.54) is 13.3 Å². The number of methoxy groups -OCH3 is 1. The molecule has 1 heterocycles. The maximum Gasteiger partial charge on any atom is 0.316 e. The van der Waals surface area contributed by atoms with Crippen molar-refractivity contribution in [3.63, 3.8) is 0 Å². The third kappa shape index (κ3) is 2.06. The first kappa shape index (κ1) is 11.4.